The number of para-hydroxylation sites is 2. The molecule has 0 saturated carbocycles. The molecule has 1 fully saturated rings. The highest BCUT2D eigenvalue weighted by Gasteiger charge is 2.23. The normalized spacial score (nSPS) is 15.4. The van der Waals surface area contributed by atoms with Gasteiger partial charge in [0.15, 0.2) is 0 Å². The summed E-state index contributed by atoms with van der Waals surface area (Å²) in [6.45, 7) is 3.63. The van der Waals surface area contributed by atoms with Crippen LogP contribution >= 0.6 is 0 Å². The molecule has 3 heterocycles. The Bertz CT molecular complexity index is 923. The van der Waals surface area contributed by atoms with Crippen LogP contribution in [0, 0.1) is 6.92 Å². The molecule has 0 atom stereocenters. The molecule has 7 heteroatoms. The van der Waals surface area contributed by atoms with Gasteiger partial charge in [-0.3, -0.25) is 14.5 Å². The van der Waals surface area contributed by atoms with E-state index in [1.165, 1.54) is 0 Å². The van der Waals surface area contributed by atoms with Gasteiger partial charge < -0.3 is 10.2 Å². The first-order valence-corrected chi connectivity index (χ1v) is 8.88. The maximum atomic E-state index is 12.4. The summed E-state index contributed by atoms with van der Waals surface area (Å²) in [5.74, 6) is 0.798. The summed E-state index contributed by atoms with van der Waals surface area (Å²) < 4.78 is 1.72. The van der Waals surface area contributed by atoms with Gasteiger partial charge in [0.25, 0.3) is 5.91 Å². The maximum absolute atomic E-state index is 12.4. The van der Waals surface area contributed by atoms with Crippen molar-refractivity contribution in [1.82, 2.24) is 25.1 Å². The number of carbonyl (C=O) groups excluding carboxylic acids is 1. The number of nitrogens with zero attached hydrogens (tertiary/aromatic N) is 5. The highest BCUT2D eigenvalue weighted by molar-refractivity contribution is 5.92. The van der Waals surface area contributed by atoms with Gasteiger partial charge >= 0.3 is 0 Å². The molecule has 1 amide bonds. The lowest BCUT2D eigenvalue weighted by molar-refractivity contribution is 0.0925. The monoisotopic (exact) mass is 350 g/mol. The van der Waals surface area contributed by atoms with Crippen LogP contribution in [0.5, 0.6) is 0 Å². The molecule has 0 radical (unpaired) electrons. The van der Waals surface area contributed by atoms with Gasteiger partial charge in [-0.1, -0.05) is 12.1 Å². The SMILES string of the molecule is Cc1cc(C(=O)NC2CCN(c3cnc4ccccc4n3)CC2)nn1C. The van der Waals surface area contributed by atoms with E-state index in [-0.39, 0.29) is 11.9 Å². The van der Waals surface area contributed by atoms with Crippen molar-refractivity contribution in [2.75, 3.05) is 18.0 Å². The molecule has 2 aromatic heterocycles. The third kappa shape index (κ3) is 3.24. The molecule has 0 unspecified atom stereocenters. The molecular weight excluding hydrogens is 328 g/mol. The predicted molar refractivity (Wildman–Crippen MR) is 100 cm³/mol. The molecule has 1 aliphatic heterocycles. The lowest BCUT2D eigenvalue weighted by atomic mass is 10.0. The number of aryl methyl sites for hydroxylation is 2. The number of benzene rings is 1. The summed E-state index contributed by atoms with van der Waals surface area (Å²) in [4.78, 5) is 23.8. The molecule has 0 bridgehead atoms. The average molecular weight is 350 g/mol. The predicted octanol–water partition coefficient (Wildman–Crippen LogP) is 2.07. The Labute approximate surface area is 152 Å². The number of hydrogen-bond acceptors (Lipinski definition) is 5. The number of aromatic nitrogens is 4. The van der Waals surface area contributed by atoms with Crippen molar-refractivity contribution in [3.8, 4) is 0 Å². The summed E-state index contributed by atoms with van der Waals surface area (Å²) in [5, 5.41) is 7.34. The van der Waals surface area contributed by atoms with E-state index < -0.39 is 0 Å². The minimum Gasteiger partial charge on any atom is -0.355 e. The summed E-state index contributed by atoms with van der Waals surface area (Å²) in [7, 11) is 1.84. The smallest absolute Gasteiger partial charge is 0.272 e. The van der Waals surface area contributed by atoms with Crippen molar-refractivity contribution in [1.29, 1.82) is 0 Å². The van der Waals surface area contributed by atoms with Crippen LogP contribution in [-0.4, -0.2) is 44.8 Å². The van der Waals surface area contributed by atoms with Gasteiger partial charge in [-0.15, -0.1) is 0 Å². The number of hydrogen-bond donors (Lipinski definition) is 1. The highest BCUT2D eigenvalue weighted by atomic mass is 16.2. The molecule has 1 N–H and O–H groups in total. The van der Waals surface area contributed by atoms with Crippen LogP contribution in [0.3, 0.4) is 0 Å². The second-order valence-corrected chi connectivity index (χ2v) is 6.75. The van der Waals surface area contributed by atoms with Gasteiger partial charge in [0.05, 0.1) is 17.2 Å². The average Bonchev–Trinajstić information content (AvgIpc) is 3.01. The fraction of sp³-hybridized carbons (Fsp3) is 0.368. The first-order chi connectivity index (χ1) is 12.6. The van der Waals surface area contributed by atoms with Crippen LogP contribution in [-0.2, 0) is 7.05 Å². The Kier molecular flexibility index (Phi) is 4.28. The van der Waals surface area contributed by atoms with E-state index in [0.717, 1.165) is 48.5 Å². The standard InChI is InChI=1S/C19H22N6O/c1-13-11-17(23-24(13)2)19(26)21-14-7-9-25(10-8-14)18-12-20-15-5-3-4-6-16(15)22-18/h3-6,11-12,14H,7-10H2,1-2H3,(H,21,26). The largest absolute Gasteiger partial charge is 0.355 e. The number of amides is 1. The Morgan fingerprint density at radius 3 is 2.62 bits per heavy atom. The van der Waals surface area contributed by atoms with Crippen molar-refractivity contribution in [2.45, 2.75) is 25.8 Å². The van der Waals surface area contributed by atoms with Crippen LogP contribution in [0.1, 0.15) is 29.0 Å². The van der Waals surface area contributed by atoms with E-state index in [1.54, 1.807) is 4.68 Å². The molecule has 1 saturated heterocycles. The molecule has 0 aliphatic carbocycles. The minimum atomic E-state index is -0.0994. The zero-order valence-corrected chi connectivity index (χ0v) is 15.0. The Balaban J connectivity index is 1.38. The van der Waals surface area contributed by atoms with Gasteiger partial charge in [0.2, 0.25) is 0 Å². The number of fused-ring (bicyclic) bond motifs is 1. The molecule has 134 valence electrons. The van der Waals surface area contributed by atoms with E-state index in [2.05, 4.69) is 20.3 Å². The van der Waals surface area contributed by atoms with Crippen molar-refractivity contribution in [2.24, 2.45) is 7.05 Å². The molecule has 3 aromatic rings. The molecule has 7 nitrogen and oxygen atoms in total. The summed E-state index contributed by atoms with van der Waals surface area (Å²) in [6, 6.07) is 9.86. The fourth-order valence-corrected chi connectivity index (χ4v) is 3.28. The maximum Gasteiger partial charge on any atom is 0.272 e. The topological polar surface area (TPSA) is 75.9 Å². The summed E-state index contributed by atoms with van der Waals surface area (Å²) in [5.41, 5.74) is 3.27. The Morgan fingerprint density at radius 1 is 1.19 bits per heavy atom. The van der Waals surface area contributed by atoms with Crippen LogP contribution < -0.4 is 10.2 Å². The second-order valence-electron chi connectivity index (χ2n) is 6.75. The van der Waals surface area contributed by atoms with Crippen molar-refractivity contribution in [3.05, 3.63) is 47.9 Å². The number of piperidine rings is 1. The summed E-state index contributed by atoms with van der Waals surface area (Å²) in [6.07, 6.45) is 3.59. The lowest BCUT2D eigenvalue weighted by Crippen LogP contribution is -2.45. The number of anilines is 1. The van der Waals surface area contributed by atoms with Crippen molar-refractivity contribution >= 4 is 22.8 Å². The number of carbonyl (C=O) groups is 1. The minimum absolute atomic E-state index is 0.0994. The van der Waals surface area contributed by atoms with Crippen LogP contribution in [0.25, 0.3) is 11.0 Å². The quantitative estimate of drug-likeness (QED) is 0.783. The number of nitrogens with one attached hydrogen (secondary N) is 1. The molecule has 26 heavy (non-hydrogen) atoms. The van der Waals surface area contributed by atoms with E-state index in [0.29, 0.717) is 5.69 Å². The van der Waals surface area contributed by atoms with Crippen LogP contribution in [0.2, 0.25) is 0 Å². The van der Waals surface area contributed by atoms with E-state index >= 15 is 0 Å². The third-order valence-electron chi connectivity index (χ3n) is 4.94. The molecule has 1 aromatic carbocycles. The highest BCUT2D eigenvalue weighted by Crippen LogP contribution is 2.20. The Morgan fingerprint density at radius 2 is 1.92 bits per heavy atom. The molecular formula is C19H22N6O. The van der Waals surface area contributed by atoms with Gasteiger partial charge in [-0.05, 0) is 38.0 Å². The first kappa shape index (κ1) is 16.5. The van der Waals surface area contributed by atoms with Crippen LogP contribution in [0.4, 0.5) is 5.82 Å². The molecule has 1 aliphatic rings. The first-order valence-electron chi connectivity index (χ1n) is 8.88. The molecule has 4 rings (SSSR count). The van der Waals surface area contributed by atoms with Gasteiger partial charge in [-0.25, -0.2) is 4.98 Å². The second kappa shape index (κ2) is 6.74. The van der Waals surface area contributed by atoms with Crippen molar-refractivity contribution < 1.29 is 4.79 Å². The number of rotatable bonds is 3. The Hall–Kier alpha value is -2.96. The summed E-state index contributed by atoms with van der Waals surface area (Å²) >= 11 is 0. The van der Waals surface area contributed by atoms with Gasteiger partial charge in [0.1, 0.15) is 11.5 Å². The van der Waals surface area contributed by atoms with Gasteiger partial charge in [-0.2, -0.15) is 5.10 Å². The fourth-order valence-electron chi connectivity index (χ4n) is 3.28. The lowest BCUT2D eigenvalue weighted by Gasteiger charge is -2.32. The van der Waals surface area contributed by atoms with Crippen LogP contribution in [0.15, 0.2) is 36.5 Å². The zero-order chi connectivity index (χ0) is 18.1. The van der Waals surface area contributed by atoms with E-state index in [4.69, 9.17) is 4.98 Å². The zero-order valence-electron chi connectivity index (χ0n) is 15.0. The van der Waals surface area contributed by atoms with Gasteiger partial charge in [0, 0.05) is 31.9 Å². The molecule has 0 spiro atoms. The van der Waals surface area contributed by atoms with E-state index in [1.807, 2.05) is 50.5 Å². The third-order valence-corrected chi connectivity index (χ3v) is 4.94. The van der Waals surface area contributed by atoms with E-state index in [9.17, 15) is 4.79 Å². The van der Waals surface area contributed by atoms with Crippen molar-refractivity contribution in [3.63, 3.8) is 0 Å².